The van der Waals surface area contributed by atoms with Crippen LogP contribution in [0.5, 0.6) is 0 Å². The Bertz CT molecular complexity index is 1020. The quantitative estimate of drug-likeness (QED) is 0.389. The molecule has 4 rings (SSSR count). The normalized spacial score (nSPS) is 15.8. The number of hydrogen-bond donors (Lipinski definition) is 0. The van der Waals surface area contributed by atoms with E-state index in [2.05, 4.69) is 61.5 Å². The fourth-order valence-electron chi connectivity index (χ4n) is 4.76. The van der Waals surface area contributed by atoms with Crippen molar-refractivity contribution < 1.29 is 0 Å². The van der Waals surface area contributed by atoms with Crippen LogP contribution in [0.1, 0.15) is 79.2 Å². The Hall–Kier alpha value is -2.59. The standard InChI is InChI=1S/C28H31N/c1-2-3-4-5-6-7-21-8-10-25-18-27(14-12-23(25)16-21)28-15-13-24-17-22(20-29)9-11-26(24)19-28/h8-12,14,16-18,28H,2-7,13,15,19H2,1H3. The lowest BCUT2D eigenvalue weighted by Gasteiger charge is -2.25. The number of benzene rings is 3. The van der Waals surface area contributed by atoms with Gasteiger partial charge in [-0.05, 0) is 83.2 Å². The van der Waals surface area contributed by atoms with E-state index in [0.29, 0.717) is 5.92 Å². The fraction of sp³-hybridized carbons (Fsp3) is 0.393. The van der Waals surface area contributed by atoms with Crippen LogP contribution < -0.4 is 0 Å². The molecule has 0 bridgehead atoms. The van der Waals surface area contributed by atoms with Crippen LogP contribution in [0, 0.1) is 11.3 Å². The van der Waals surface area contributed by atoms with E-state index in [4.69, 9.17) is 5.26 Å². The van der Waals surface area contributed by atoms with Gasteiger partial charge in [0, 0.05) is 0 Å². The van der Waals surface area contributed by atoms with E-state index in [1.54, 1.807) is 0 Å². The molecule has 1 atom stereocenters. The Balaban J connectivity index is 1.45. The van der Waals surface area contributed by atoms with Crippen LogP contribution in [0.2, 0.25) is 0 Å². The molecular weight excluding hydrogens is 350 g/mol. The van der Waals surface area contributed by atoms with Crippen molar-refractivity contribution in [3.63, 3.8) is 0 Å². The van der Waals surface area contributed by atoms with E-state index < -0.39 is 0 Å². The number of unbranched alkanes of at least 4 members (excludes halogenated alkanes) is 4. The Morgan fingerprint density at radius 2 is 1.69 bits per heavy atom. The lowest BCUT2D eigenvalue weighted by Crippen LogP contribution is -2.13. The molecule has 3 aromatic carbocycles. The molecule has 0 aliphatic heterocycles. The van der Waals surface area contributed by atoms with Crippen LogP contribution in [0.15, 0.2) is 54.6 Å². The number of nitriles is 1. The van der Waals surface area contributed by atoms with Crippen molar-refractivity contribution in [3.8, 4) is 6.07 Å². The number of fused-ring (bicyclic) bond motifs is 2. The minimum absolute atomic E-state index is 0.582. The molecular formula is C28H31N. The molecule has 0 saturated carbocycles. The molecule has 0 amide bonds. The zero-order valence-electron chi connectivity index (χ0n) is 17.6. The summed E-state index contributed by atoms with van der Waals surface area (Å²) in [6.45, 7) is 2.27. The summed E-state index contributed by atoms with van der Waals surface area (Å²) in [5.41, 5.74) is 6.50. The van der Waals surface area contributed by atoms with E-state index >= 15 is 0 Å². The molecule has 3 aromatic rings. The summed E-state index contributed by atoms with van der Waals surface area (Å²) in [5, 5.41) is 11.9. The minimum atomic E-state index is 0.582. The van der Waals surface area contributed by atoms with Gasteiger partial charge in [-0.3, -0.25) is 0 Å². The first-order valence-electron chi connectivity index (χ1n) is 11.3. The summed E-state index contributed by atoms with van der Waals surface area (Å²) in [5.74, 6) is 0.582. The molecule has 0 saturated heterocycles. The number of rotatable bonds is 7. The smallest absolute Gasteiger partial charge is 0.0991 e. The Morgan fingerprint density at radius 3 is 2.55 bits per heavy atom. The van der Waals surface area contributed by atoms with Gasteiger partial charge in [-0.25, -0.2) is 0 Å². The molecule has 1 aliphatic carbocycles. The first kappa shape index (κ1) is 19.7. The minimum Gasteiger partial charge on any atom is -0.192 e. The van der Waals surface area contributed by atoms with Gasteiger partial charge in [0.1, 0.15) is 0 Å². The first-order valence-corrected chi connectivity index (χ1v) is 11.3. The van der Waals surface area contributed by atoms with Gasteiger partial charge in [-0.2, -0.15) is 5.26 Å². The fourth-order valence-corrected chi connectivity index (χ4v) is 4.76. The molecule has 1 nitrogen and oxygen atoms in total. The van der Waals surface area contributed by atoms with Gasteiger partial charge >= 0.3 is 0 Å². The highest BCUT2D eigenvalue weighted by atomic mass is 14.3. The van der Waals surface area contributed by atoms with E-state index in [0.717, 1.165) is 18.4 Å². The van der Waals surface area contributed by atoms with Gasteiger partial charge in [0.2, 0.25) is 0 Å². The third-order valence-corrected chi connectivity index (χ3v) is 6.53. The zero-order valence-corrected chi connectivity index (χ0v) is 17.6. The van der Waals surface area contributed by atoms with Crippen LogP contribution in [0.25, 0.3) is 10.8 Å². The summed E-state index contributed by atoms with van der Waals surface area (Å²) in [6, 6.07) is 22.6. The SMILES string of the molecule is CCCCCCCc1ccc2cc(C3CCc4cc(C#N)ccc4C3)ccc2c1. The van der Waals surface area contributed by atoms with Crippen LogP contribution in [-0.2, 0) is 19.3 Å². The summed E-state index contributed by atoms with van der Waals surface area (Å²) in [4.78, 5) is 0. The maximum Gasteiger partial charge on any atom is 0.0991 e. The molecule has 148 valence electrons. The van der Waals surface area contributed by atoms with Crippen LogP contribution >= 0.6 is 0 Å². The van der Waals surface area contributed by atoms with Crippen LogP contribution in [0.3, 0.4) is 0 Å². The van der Waals surface area contributed by atoms with Crippen molar-refractivity contribution in [2.45, 2.75) is 70.6 Å². The lowest BCUT2D eigenvalue weighted by molar-refractivity contribution is 0.585. The largest absolute Gasteiger partial charge is 0.192 e. The molecule has 0 spiro atoms. The molecule has 0 N–H and O–H groups in total. The molecule has 0 aromatic heterocycles. The second-order valence-corrected chi connectivity index (χ2v) is 8.64. The molecule has 1 heteroatoms. The van der Waals surface area contributed by atoms with Crippen molar-refractivity contribution in [1.82, 2.24) is 0 Å². The number of aryl methyl sites for hydroxylation is 2. The maximum atomic E-state index is 9.12. The third-order valence-electron chi connectivity index (χ3n) is 6.53. The zero-order chi connectivity index (χ0) is 20.1. The topological polar surface area (TPSA) is 23.8 Å². The monoisotopic (exact) mass is 381 g/mol. The van der Waals surface area contributed by atoms with Crippen molar-refractivity contribution in [2.75, 3.05) is 0 Å². The average molecular weight is 382 g/mol. The van der Waals surface area contributed by atoms with Gasteiger partial charge in [-0.15, -0.1) is 0 Å². The second-order valence-electron chi connectivity index (χ2n) is 8.64. The molecule has 0 heterocycles. The van der Waals surface area contributed by atoms with Gasteiger partial charge < -0.3 is 0 Å². The van der Waals surface area contributed by atoms with Crippen molar-refractivity contribution in [1.29, 1.82) is 5.26 Å². The van der Waals surface area contributed by atoms with E-state index in [9.17, 15) is 0 Å². The molecule has 29 heavy (non-hydrogen) atoms. The highest BCUT2D eigenvalue weighted by Gasteiger charge is 2.20. The van der Waals surface area contributed by atoms with Gasteiger partial charge in [0.05, 0.1) is 11.6 Å². The third kappa shape index (κ3) is 4.70. The highest BCUT2D eigenvalue weighted by molar-refractivity contribution is 5.84. The highest BCUT2D eigenvalue weighted by Crippen LogP contribution is 2.34. The predicted molar refractivity (Wildman–Crippen MR) is 122 cm³/mol. The summed E-state index contributed by atoms with van der Waals surface area (Å²) in [6.07, 6.45) is 11.2. The predicted octanol–water partition coefficient (Wildman–Crippen LogP) is 7.50. The first-order chi connectivity index (χ1) is 14.3. The van der Waals surface area contributed by atoms with E-state index in [1.165, 1.54) is 78.0 Å². The summed E-state index contributed by atoms with van der Waals surface area (Å²) >= 11 is 0. The molecule has 0 fully saturated rings. The van der Waals surface area contributed by atoms with Crippen molar-refractivity contribution in [3.05, 3.63) is 82.4 Å². The van der Waals surface area contributed by atoms with Gasteiger partial charge in [0.25, 0.3) is 0 Å². The van der Waals surface area contributed by atoms with Crippen molar-refractivity contribution >= 4 is 10.8 Å². The summed E-state index contributed by atoms with van der Waals surface area (Å²) < 4.78 is 0. The number of nitrogens with zero attached hydrogens (tertiary/aromatic N) is 1. The lowest BCUT2D eigenvalue weighted by atomic mass is 9.79. The van der Waals surface area contributed by atoms with Crippen LogP contribution in [0.4, 0.5) is 0 Å². The van der Waals surface area contributed by atoms with Gasteiger partial charge in [-0.1, -0.05) is 75.1 Å². The second kappa shape index (κ2) is 9.27. The van der Waals surface area contributed by atoms with Gasteiger partial charge in [0.15, 0.2) is 0 Å². The van der Waals surface area contributed by atoms with E-state index in [1.807, 2.05) is 6.07 Å². The van der Waals surface area contributed by atoms with Crippen LogP contribution in [-0.4, -0.2) is 0 Å². The van der Waals surface area contributed by atoms with E-state index in [-0.39, 0.29) is 0 Å². The summed E-state index contributed by atoms with van der Waals surface area (Å²) in [7, 11) is 0. The molecule has 0 radical (unpaired) electrons. The molecule has 1 unspecified atom stereocenters. The molecule has 1 aliphatic rings. The maximum absolute atomic E-state index is 9.12. The Labute approximate surface area is 175 Å². The average Bonchev–Trinajstić information content (AvgIpc) is 2.77. The van der Waals surface area contributed by atoms with Crippen molar-refractivity contribution in [2.24, 2.45) is 0 Å². The Kier molecular flexibility index (Phi) is 6.30. The Morgan fingerprint density at radius 1 is 0.862 bits per heavy atom. The number of hydrogen-bond acceptors (Lipinski definition) is 1.